The van der Waals surface area contributed by atoms with Gasteiger partial charge in [0.05, 0.1) is 25.4 Å². The van der Waals surface area contributed by atoms with Gasteiger partial charge in [-0.2, -0.15) is 8.42 Å². The summed E-state index contributed by atoms with van der Waals surface area (Å²) in [5, 5.41) is 44.7. The van der Waals surface area contributed by atoms with E-state index >= 15 is 0 Å². The van der Waals surface area contributed by atoms with E-state index in [0.717, 1.165) is 51.4 Å². The molecule has 0 bridgehead atoms. The van der Waals surface area contributed by atoms with Gasteiger partial charge in [0.2, 0.25) is 5.91 Å². The highest BCUT2D eigenvalue weighted by molar-refractivity contribution is 7.80. The van der Waals surface area contributed by atoms with Gasteiger partial charge in [0.1, 0.15) is 24.4 Å². The molecule has 1 aliphatic heterocycles. The van der Waals surface area contributed by atoms with Crippen molar-refractivity contribution in [2.75, 3.05) is 13.2 Å². The fraction of sp³-hybridized carbons (Fsp3) is 0.976. The van der Waals surface area contributed by atoms with E-state index in [4.69, 9.17) is 14.0 Å². The Balaban J connectivity index is 2.53. The quantitative estimate of drug-likeness (QED) is 0.0265. The van der Waals surface area contributed by atoms with Crippen LogP contribution in [0.15, 0.2) is 0 Å². The molecule has 6 N–H and O–H groups in total. The molecule has 1 aliphatic rings. The molecule has 13 heteroatoms. The summed E-state index contributed by atoms with van der Waals surface area (Å²) < 4.78 is 47.5. The number of hydrogen-bond acceptors (Lipinski definition) is 10. The summed E-state index contributed by atoms with van der Waals surface area (Å²) in [6.07, 6.45) is 23.9. The second-order valence-electron chi connectivity index (χ2n) is 15.6. The summed E-state index contributed by atoms with van der Waals surface area (Å²) >= 11 is 0. The Hall–Kier alpha value is -0.900. The van der Waals surface area contributed by atoms with E-state index in [2.05, 4.69) is 23.3 Å². The third-order valence-electron chi connectivity index (χ3n) is 10.7. The minimum atomic E-state index is -5.07. The van der Waals surface area contributed by atoms with E-state index < -0.39 is 59.9 Å². The Morgan fingerprint density at radius 3 is 1.48 bits per heavy atom. The minimum absolute atomic E-state index is 0.229. The van der Waals surface area contributed by atoms with Crippen LogP contribution >= 0.6 is 0 Å². The number of carbonyl (C=O) groups is 1. The van der Waals surface area contributed by atoms with Crippen LogP contribution in [0.2, 0.25) is 0 Å². The van der Waals surface area contributed by atoms with Gasteiger partial charge in [0.25, 0.3) is 0 Å². The number of aliphatic hydroxyl groups excluding tert-OH is 4. The number of nitrogens with one attached hydrogen (secondary N) is 1. The maximum Gasteiger partial charge on any atom is 0.397 e. The van der Waals surface area contributed by atoms with Crippen molar-refractivity contribution in [2.45, 2.75) is 243 Å². The predicted molar refractivity (Wildman–Crippen MR) is 213 cm³/mol. The van der Waals surface area contributed by atoms with Gasteiger partial charge in [-0.05, 0) is 12.8 Å². The fourth-order valence-electron chi connectivity index (χ4n) is 7.22. The molecule has 7 unspecified atom stereocenters. The zero-order valence-corrected chi connectivity index (χ0v) is 34.9. The maximum absolute atomic E-state index is 13.0. The van der Waals surface area contributed by atoms with Crippen molar-refractivity contribution in [3.63, 3.8) is 0 Å². The molecule has 54 heavy (non-hydrogen) atoms. The Morgan fingerprint density at radius 2 is 1.07 bits per heavy atom. The highest BCUT2D eigenvalue weighted by Crippen LogP contribution is 2.26. The van der Waals surface area contributed by atoms with Gasteiger partial charge in [-0.3, -0.25) is 9.35 Å². The van der Waals surface area contributed by atoms with Gasteiger partial charge in [-0.15, -0.1) is 0 Å². The summed E-state index contributed by atoms with van der Waals surface area (Å²) in [7, 11) is -5.07. The Bertz CT molecular complexity index is 988. The number of ether oxygens (including phenoxy) is 2. The lowest BCUT2D eigenvalue weighted by molar-refractivity contribution is -0.298. The molecule has 0 spiro atoms. The van der Waals surface area contributed by atoms with Crippen LogP contribution in [0.25, 0.3) is 0 Å². The monoisotopic (exact) mass is 796 g/mol. The third kappa shape index (κ3) is 26.1. The van der Waals surface area contributed by atoms with Crippen molar-refractivity contribution < 1.29 is 51.8 Å². The van der Waals surface area contributed by atoms with Gasteiger partial charge in [-0.1, -0.05) is 181 Å². The van der Waals surface area contributed by atoms with Crippen LogP contribution < -0.4 is 5.32 Å². The number of unbranched alkanes of at least 4 members (excludes halogenated alkanes) is 25. The van der Waals surface area contributed by atoms with E-state index in [-0.39, 0.29) is 12.5 Å². The molecular weight excluding hydrogens is 715 g/mol. The lowest BCUT2D eigenvalue weighted by atomic mass is 9.99. The summed E-state index contributed by atoms with van der Waals surface area (Å²) in [6, 6.07) is -0.849. The zero-order chi connectivity index (χ0) is 39.9. The van der Waals surface area contributed by atoms with Gasteiger partial charge in [-0.25, -0.2) is 4.18 Å². The van der Waals surface area contributed by atoms with Crippen LogP contribution in [0.3, 0.4) is 0 Å². The summed E-state index contributed by atoms with van der Waals surface area (Å²) in [4.78, 5) is 13.0. The first-order chi connectivity index (χ1) is 26.0. The van der Waals surface area contributed by atoms with Crippen molar-refractivity contribution in [1.29, 1.82) is 0 Å². The fourth-order valence-corrected chi connectivity index (χ4v) is 7.73. The van der Waals surface area contributed by atoms with E-state index in [9.17, 15) is 33.6 Å². The van der Waals surface area contributed by atoms with Crippen LogP contribution in [-0.2, 0) is 28.9 Å². The molecule has 1 fully saturated rings. The van der Waals surface area contributed by atoms with Crippen molar-refractivity contribution in [3.8, 4) is 0 Å². The molecule has 7 atom stereocenters. The van der Waals surface area contributed by atoms with E-state index in [1.807, 2.05) is 0 Å². The molecule has 1 saturated heterocycles. The maximum atomic E-state index is 13.0. The third-order valence-corrected chi connectivity index (χ3v) is 11.1. The Labute approximate surface area is 328 Å². The Morgan fingerprint density at radius 1 is 0.667 bits per heavy atom. The smallest absolute Gasteiger partial charge is 0.394 e. The first-order valence-corrected chi connectivity index (χ1v) is 23.3. The number of carbonyl (C=O) groups excluding carboxylic acids is 1. The Kier molecular flexibility index (Phi) is 31.3. The average molecular weight is 796 g/mol. The predicted octanol–water partition coefficient (Wildman–Crippen LogP) is 7.83. The largest absolute Gasteiger partial charge is 0.397 e. The van der Waals surface area contributed by atoms with Gasteiger partial charge in [0.15, 0.2) is 6.29 Å². The summed E-state index contributed by atoms with van der Waals surface area (Å²) in [6.45, 7) is 3.44. The minimum Gasteiger partial charge on any atom is -0.394 e. The van der Waals surface area contributed by atoms with Crippen LogP contribution in [0.1, 0.15) is 200 Å². The lowest BCUT2D eigenvalue weighted by Crippen LogP contribution is -2.61. The first-order valence-electron chi connectivity index (χ1n) is 21.9. The van der Waals surface area contributed by atoms with Gasteiger partial charge in [0, 0.05) is 6.42 Å². The van der Waals surface area contributed by atoms with E-state index in [1.165, 1.54) is 122 Å². The van der Waals surface area contributed by atoms with Crippen molar-refractivity contribution in [3.05, 3.63) is 0 Å². The number of hydrogen-bond donors (Lipinski definition) is 6. The molecule has 0 aromatic carbocycles. The SMILES string of the molecule is CCCCCCCCCCCCCCCCCC(O)C(COC1OC(CO)C(O)C(OS(=O)(=O)O)C1O)NC(=O)CCCCCCCCCCCCCC. The first kappa shape index (κ1) is 51.1. The normalized spacial score (nSPS) is 21.6. The number of amides is 1. The number of aliphatic hydroxyl groups is 4. The summed E-state index contributed by atoms with van der Waals surface area (Å²) in [5.74, 6) is -0.229. The molecule has 0 aromatic heterocycles. The second kappa shape index (κ2) is 33.1. The summed E-state index contributed by atoms with van der Waals surface area (Å²) in [5.41, 5.74) is 0. The number of rotatable bonds is 37. The topological polar surface area (TPSA) is 192 Å². The van der Waals surface area contributed by atoms with Crippen molar-refractivity contribution in [1.82, 2.24) is 5.32 Å². The van der Waals surface area contributed by atoms with Crippen LogP contribution in [0.5, 0.6) is 0 Å². The molecule has 1 amide bonds. The van der Waals surface area contributed by atoms with Gasteiger partial charge < -0.3 is 35.2 Å². The zero-order valence-electron chi connectivity index (χ0n) is 34.1. The van der Waals surface area contributed by atoms with Crippen LogP contribution in [0.4, 0.5) is 0 Å². The van der Waals surface area contributed by atoms with Crippen molar-refractivity contribution in [2.24, 2.45) is 0 Å². The molecular formula is C41H81NO11S. The molecule has 0 saturated carbocycles. The van der Waals surface area contributed by atoms with Gasteiger partial charge >= 0.3 is 10.4 Å². The second-order valence-corrected chi connectivity index (χ2v) is 16.7. The van der Waals surface area contributed by atoms with E-state index in [1.54, 1.807) is 0 Å². The molecule has 0 aliphatic carbocycles. The highest BCUT2D eigenvalue weighted by atomic mass is 32.3. The molecule has 322 valence electrons. The van der Waals surface area contributed by atoms with Crippen molar-refractivity contribution >= 4 is 16.3 Å². The van der Waals surface area contributed by atoms with Crippen LogP contribution in [0, 0.1) is 0 Å². The highest BCUT2D eigenvalue weighted by Gasteiger charge is 2.48. The molecule has 12 nitrogen and oxygen atoms in total. The molecule has 1 heterocycles. The molecule has 0 radical (unpaired) electrons. The van der Waals surface area contributed by atoms with E-state index in [0.29, 0.717) is 12.8 Å². The molecule has 1 rings (SSSR count). The molecule has 0 aromatic rings. The van der Waals surface area contributed by atoms with Crippen LogP contribution in [-0.4, -0.2) is 95.4 Å². The standard InChI is InChI=1S/C41H81NO11S/c1-3-5-7-9-11-13-15-17-18-19-20-22-24-26-28-30-35(44)34(42-37(45)31-29-27-25-23-21-16-14-12-10-8-6-4-2)33-51-41-39(47)40(53-54(48,49)50)38(46)36(32-43)52-41/h34-36,38-41,43-44,46-47H,3-33H2,1-2H3,(H,42,45)(H,48,49,50). The average Bonchev–Trinajstić information content (AvgIpc) is 3.14. The lowest BCUT2D eigenvalue weighted by Gasteiger charge is -2.41.